The summed E-state index contributed by atoms with van der Waals surface area (Å²) in [6, 6.07) is 7.56. The van der Waals surface area contributed by atoms with Gasteiger partial charge in [-0.2, -0.15) is 0 Å². The van der Waals surface area contributed by atoms with Gasteiger partial charge in [0, 0.05) is 10.1 Å². The van der Waals surface area contributed by atoms with Crippen LogP contribution < -0.4 is 5.32 Å². The van der Waals surface area contributed by atoms with E-state index in [0.29, 0.717) is 32.0 Å². The van der Waals surface area contributed by atoms with Crippen LogP contribution in [0.1, 0.15) is 32.0 Å². The van der Waals surface area contributed by atoms with Crippen LogP contribution in [-0.2, 0) is 11.2 Å². The second-order valence-corrected chi connectivity index (χ2v) is 7.26. The lowest BCUT2D eigenvalue weighted by Crippen LogP contribution is -2.10. The van der Waals surface area contributed by atoms with E-state index in [1.165, 1.54) is 18.4 Å². The van der Waals surface area contributed by atoms with Crippen LogP contribution in [-0.4, -0.2) is 24.0 Å². The number of amides is 1. The zero-order chi connectivity index (χ0) is 17.3. The molecular weight excluding hydrogens is 368 g/mol. The molecule has 0 atom stereocenters. The molecule has 3 rings (SSSR count). The van der Waals surface area contributed by atoms with Crippen molar-refractivity contribution in [3.63, 3.8) is 0 Å². The molecule has 8 heteroatoms. The first-order chi connectivity index (χ1) is 11.5. The first-order valence-electron chi connectivity index (χ1n) is 7.11. The molecule has 0 saturated heterocycles. The van der Waals surface area contributed by atoms with Gasteiger partial charge in [-0.05, 0) is 12.5 Å². The van der Waals surface area contributed by atoms with Crippen LogP contribution in [0.15, 0.2) is 24.3 Å². The fourth-order valence-corrected chi connectivity index (χ4v) is 4.59. The van der Waals surface area contributed by atoms with Crippen LogP contribution in [0.5, 0.6) is 0 Å². The Morgan fingerprint density at radius 2 is 2.00 bits per heavy atom. The number of carbonyl (C=O) groups is 2. The molecule has 24 heavy (non-hydrogen) atoms. The van der Waals surface area contributed by atoms with E-state index in [2.05, 4.69) is 10.3 Å². The Balaban J connectivity index is 1.90. The number of benzene rings is 1. The van der Waals surface area contributed by atoms with Crippen LogP contribution in [0.3, 0.4) is 0 Å². The third-order valence-electron chi connectivity index (χ3n) is 3.36. The van der Waals surface area contributed by atoms with Gasteiger partial charge in [0.2, 0.25) is 0 Å². The minimum atomic E-state index is -0.454. The number of esters is 1. The first kappa shape index (κ1) is 16.9. The second-order valence-electron chi connectivity index (χ2n) is 4.84. The summed E-state index contributed by atoms with van der Waals surface area (Å²) in [5.74, 6) is -0.793. The summed E-state index contributed by atoms with van der Waals surface area (Å²) in [5.41, 5.74) is 0.601. The van der Waals surface area contributed by atoms with E-state index >= 15 is 0 Å². The molecule has 1 N–H and O–H groups in total. The van der Waals surface area contributed by atoms with Crippen molar-refractivity contribution in [2.75, 3.05) is 12.4 Å². The number of nitrogens with one attached hydrogen (secondary N) is 1. The van der Waals surface area contributed by atoms with Crippen molar-refractivity contribution in [2.24, 2.45) is 0 Å². The quantitative estimate of drug-likeness (QED) is 0.671. The van der Waals surface area contributed by atoms with Gasteiger partial charge in [-0.3, -0.25) is 10.1 Å². The van der Waals surface area contributed by atoms with Crippen LogP contribution >= 0.6 is 34.3 Å². The van der Waals surface area contributed by atoms with E-state index in [9.17, 15) is 9.59 Å². The Bertz CT molecular complexity index is 933. The zero-order valence-corrected chi connectivity index (χ0v) is 15.3. The lowest BCUT2D eigenvalue weighted by Gasteiger charge is -1.99. The van der Waals surface area contributed by atoms with E-state index in [1.54, 1.807) is 0 Å². The largest absolute Gasteiger partial charge is 0.465 e. The topological polar surface area (TPSA) is 68.3 Å². The molecule has 124 valence electrons. The lowest BCUT2D eigenvalue weighted by molar-refractivity contribution is 0.0604. The van der Waals surface area contributed by atoms with Gasteiger partial charge in [0.1, 0.15) is 9.75 Å². The van der Waals surface area contributed by atoms with E-state index in [0.717, 1.165) is 21.4 Å². The molecule has 0 radical (unpaired) electrons. The number of fused-ring (bicyclic) bond motifs is 1. The number of aryl methyl sites for hydroxylation is 1. The molecule has 0 aliphatic carbocycles. The maximum atomic E-state index is 12.5. The number of methoxy groups -OCH3 is 1. The monoisotopic (exact) mass is 380 g/mol. The number of halogens is 1. The van der Waals surface area contributed by atoms with Crippen LogP contribution in [0.2, 0.25) is 5.02 Å². The maximum Gasteiger partial charge on any atom is 0.350 e. The number of rotatable bonds is 4. The number of nitrogens with zero attached hydrogens (tertiary/aromatic N) is 1. The Morgan fingerprint density at radius 1 is 1.25 bits per heavy atom. The fourth-order valence-electron chi connectivity index (χ4n) is 2.21. The summed E-state index contributed by atoms with van der Waals surface area (Å²) in [7, 11) is 1.32. The lowest BCUT2D eigenvalue weighted by atomic mass is 10.2. The smallest absolute Gasteiger partial charge is 0.350 e. The molecule has 0 aliphatic heterocycles. The fraction of sp³-hybridized carbons (Fsp3) is 0.188. The Hall–Kier alpha value is -1.96. The molecule has 1 amide bonds. The molecule has 2 heterocycles. The molecule has 3 aromatic rings. The van der Waals surface area contributed by atoms with Gasteiger partial charge in [0.05, 0.1) is 17.8 Å². The van der Waals surface area contributed by atoms with Crippen molar-refractivity contribution in [3.05, 3.63) is 44.7 Å². The van der Waals surface area contributed by atoms with Gasteiger partial charge >= 0.3 is 5.97 Å². The van der Waals surface area contributed by atoms with Crippen LogP contribution in [0.25, 0.3) is 10.1 Å². The summed E-state index contributed by atoms with van der Waals surface area (Å²) in [5, 5.41) is 4.34. The van der Waals surface area contributed by atoms with Gasteiger partial charge < -0.3 is 4.74 Å². The van der Waals surface area contributed by atoms with Crippen molar-refractivity contribution < 1.29 is 14.3 Å². The van der Waals surface area contributed by atoms with Crippen molar-refractivity contribution in [2.45, 2.75) is 13.3 Å². The molecule has 5 nitrogen and oxygen atoms in total. The van der Waals surface area contributed by atoms with Gasteiger partial charge in [0.15, 0.2) is 5.13 Å². The minimum absolute atomic E-state index is 0.339. The second kappa shape index (κ2) is 6.88. The number of hydrogen-bond acceptors (Lipinski definition) is 6. The molecular formula is C16H13ClN2O3S2. The van der Waals surface area contributed by atoms with Gasteiger partial charge in [0.25, 0.3) is 5.91 Å². The average Bonchev–Trinajstić information content (AvgIpc) is 3.15. The third-order valence-corrected chi connectivity index (χ3v) is 6.03. The summed E-state index contributed by atoms with van der Waals surface area (Å²) >= 11 is 8.73. The summed E-state index contributed by atoms with van der Waals surface area (Å²) in [6.45, 7) is 1.88. The Labute approximate surface area is 151 Å². The van der Waals surface area contributed by atoms with Gasteiger partial charge in [-0.15, -0.1) is 11.3 Å². The molecule has 1 aromatic carbocycles. The number of aromatic nitrogens is 1. The highest BCUT2D eigenvalue weighted by Gasteiger charge is 2.21. The van der Waals surface area contributed by atoms with Gasteiger partial charge in [-0.1, -0.05) is 48.1 Å². The minimum Gasteiger partial charge on any atom is -0.465 e. The highest BCUT2D eigenvalue weighted by atomic mass is 35.5. The molecule has 0 spiro atoms. The molecule has 0 bridgehead atoms. The SMILES string of the molecule is CCc1nc(NC(=O)c2sc3ccccc3c2Cl)sc1C(=O)OC. The van der Waals surface area contributed by atoms with E-state index in [1.807, 2.05) is 31.2 Å². The summed E-state index contributed by atoms with van der Waals surface area (Å²) in [4.78, 5) is 29.4. The van der Waals surface area contributed by atoms with Crippen molar-refractivity contribution in [1.82, 2.24) is 4.98 Å². The first-order valence-corrected chi connectivity index (χ1v) is 9.12. The zero-order valence-electron chi connectivity index (χ0n) is 12.9. The summed E-state index contributed by atoms with van der Waals surface area (Å²) in [6.07, 6.45) is 0.570. The van der Waals surface area contributed by atoms with E-state index in [4.69, 9.17) is 16.3 Å². The molecule has 0 saturated carbocycles. The van der Waals surface area contributed by atoms with Crippen molar-refractivity contribution in [1.29, 1.82) is 0 Å². The normalized spacial score (nSPS) is 10.8. The number of thiazole rings is 1. The molecule has 2 aromatic heterocycles. The standard InChI is InChI=1S/C16H13ClN2O3S2/c1-3-9-12(15(21)22-2)24-16(18-9)19-14(20)13-11(17)8-6-4-5-7-10(8)23-13/h4-7H,3H2,1-2H3,(H,18,19,20). The highest BCUT2D eigenvalue weighted by molar-refractivity contribution is 7.22. The number of thiophene rings is 1. The average molecular weight is 381 g/mol. The predicted octanol–water partition coefficient (Wildman–Crippen LogP) is 4.61. The van der Waals surface area contributed by atoms with Crippen molar-refractivity contribution >= 4 is 61.4 Å². The van der Waals surface area contributed by atoms with E-state index < -0.39 is 5.97 Å². The molecule has 0 unspecified atom stereocenters. The highest BCUT2D eigenvalue weighted by Crippen LogP contribution is 2.36. The number of anilines is 1. The third kappa shape index (κ3) is 3.02. The molecule has 0 aliphatic rings. The summed E-state index contributed by atoms with van der Waals surface area (Å²) < 4.78 is 5.68. The number of ether oxygens (including phenoxy) is 1. The Morgan fingerprint density at radius 3 is 2.67 bits per heavy atom. The van der Waals surface area contributed by atoms with E-state index in [-0.39, 0.29) is 5.91 Å². The Kier molecular flexibility index (Phi) is 4.84. The number of hydrogen-bond donors (Lipinski definition) is 1. The molecule has 0 fully saturated rings. The van der Waals surface area contributed by atoms with Gasteiger partial charge in [-0.25, -0.2) is 9.78 Å². The number of carbonyl (C=O) groups excluding carboxylic acids is 2. The van der Waals surface area contributed by atoms with Crippen molar-refractivity contribution in [3.8, 4) is 0 Å². The maximum absolute atomic E-state index is 12.5. The van der Waals surface area contributed by atoms with Crippen LogP contribution in [0, 0.1) is 0 Å². The predicted molar refractivity (Wildman–Crippen MR) is 97.6 cm³/mol. The van der Waals surface area contributed by atoms with Crippen LogP contribution in [0.4, 0.5) is 5.13 Å².